The maximum absolute atomic E-state index is 13.5. The third-order valence-corrected chi connectivity index (χ3v) is 2.82. The zero-order chi connectivity index (χ0) is 14.4. The van der Waals surface area contributed by atoms with Gasteiger partial charge in [-0.2, -0.15) is 5.26 Å². The summed E-state index contributed by atoms with van der Waals surface area (Å²) in [6.07, 6.45) is 0.289. The second-order valence-corrected chi connectivity index (χ2v) is 4.52. The molecule has 0 atom stereocenters. The Labute approximate surface area is 111 Å². The Morgan fingerprint density at radius 3 is 2.68 bits per heavy atom. The van der Waals surface area contributed by atoms with Gasteiger partial charge in [-0.05, 0) is 32.0 Å². The molecule has 0 unspecified atom stereocenters. The zero-order valence-corrected chi connectivity index (χ0v) is 11.0. The Bertz CT molecular complexity index is 495. The molecule has 1 aromatic carbocycles. The number of hydrogen-bond acceptors (Lipinski definition) is 3. The first-order valence-electron chi connectivity index (χ1n) is 6.05. The highest BCUT2D eigenvalue weighted by Crippen LogP contribution is 2.12. The van der Waals surface area contributed by atoms with Gasteiger partial charge in [-0.3, -0.25) is 9.69 Å². The molecule has 0 bridgehead atoms. The summed E-state index contributed by atoms with van der Waals surface area (Å²) in [5.74, 6) is -1.85. The number of carbonyl (C=O) groups excluding carboxylic acids is 1. The molecule has 1 rings (SSSR count). The van der Waals surface area contributed by atoms with E-state index in [4.69, 9.17) is 5.26 Å². The van der Waals surface area contributed by atoms with Gasteiger partial charge in [0.1, 0.15) is 11.6 Å². The largest absolute Gasteiger partial charge is 0.293 e. The number of benzene rings is 1. The summed E-state index contributed by atoms with van der Waals surface area (Å²) in [5, 5.41) is 8.56. The topological polar surface area (TPSA) is 44.1 Å². The molecule has 0 radical (unpaired) electrons. The lowest BCUT2D eigenvalue weighted by Crippen LogP contribution is -2.36. The normalized spacial score (nSPS) is 10.8. The van der Waals surface area contributed by atoms with Crippen molar-refractivity contribution in [2.75, 3.05) is 13.1 Å². The second kappa shape index (κ2) is 6.95. The summed E-state index contributed by atoms with van der Waals surface area (Å²) in [6, 6.07) is 4.87. The van der Waals surface area contributed by atoms with Crippen LogP contribution in [-0.4, -0.2) is 29.8 Å². The number of ketones is 1. The summed E-state index contributed by atoms with van der Waals surface area (Å²) >= 11 is 0. The van der Waals surface area contributed by atoms with E-state index in [1.54, 1.807) is 4.90 Å². The maximum Gasteiger partial charge on any atom is 0.179 e. The van der Waals surface area contributed by atoms with Gasteiger partial charge in [0.2, 0.25) is 0 Å². The lowest BCUT2D eigenvalue weighted by molar-refractivity contribution is 0.0903. The highest BCUT2D eigenvalue weighted by molar-refractivity contribution is 5.97. The molecule has 0 aliphatic rings. The van der Waals surface area contributed by atoms with Crippen molar-refractivity contribution in [3.63, 3.8) is 0 Å². The van der Waals surface area contributed by atoms with Crippen molar-refractivity contribution in [2.45, 2.75) is 26.3 Å². The quantitative estimate of drug-likeness (QED) is 0.744. The van der Waals surface area contributed by atoms with Gasteiger partial charge < -0.3 is 0 Å². The van der Waals surface area contributed by atoms with Gasteiger partial charge in [0.25, 0.3) is 0 Å². The summed E-state index contributed by atoms with van der Waals surface area (Å²) in [4.78, 5) is 13.7. The van der Waals surface area contributed by atoms with Crippen LogP contribution in [0.2, 0.25) is 0 Å². The van der Waals surface area contributed by atoms with Gasteiger partial charge in [-0.1, -0.05) is 0 Å². The molecule has 5 heteroatoms. The molecular weight excluding hydrogens is 250 g/mol. The molecule has 0 N–H and O–H groups in total. The summed E-state index contributed by atoms with van der Waals surface area (Å²) in [6.45, 7) is 4.16. The fourth-order valence-corrected chi connectivity index (χ4v) is 1.69. The summed E-state index contributed by atoms with van der Waals surface area (Å²) in [5.41, 5.74) is -0.248. The Morgan fingerprint density at radius 2 is 2.11 bits per heavy atom. The third-order valence-electron chi connectivity index (χ3n) is 2.82. The highest BCUT2D eigenvalue weighted by atomic mass is 19.1. The van der Waals surface area contributed by atoms with E-state index >= 15 is 0 Å². The van der Waals surface area contributed by atoms with Crippen LogP contribution < -0.4 is 0 Å². The van der Waals surface area contributed by atoms with E-state index in [9.17, 15) is 13.6 Å². The number of halogens is 2. The van der Waals surface area contributed by atoms with Crippen LogP contribution in [0, 0.1) is 23.0 Å². The first-order chi connectivity index (χ1) is 8.95. The van der Waals surface area contributed by atoms with Crippen LogP contribution in [0.15, 0.2) is 18.2 Å². The van der Waals surface area contributed by atoms with E-state index < -0.39 is 17.4 Å². The zero-order valence-electron chi connectivity index (χ0n) is 11.0. The van der Waals surface area contributed by atoms with E-state index in [0.29, 0.717) is 6.54 Å². The molecule has 0 aromatic heterocycles. The van der Waals surface area contributed by atoms with E-state index in [-0.39, 0.29) is 24.6 Å². The van der Waals surface area contributed by atoms with Crippen molar-refractivity contribution in [3.8, 4) is 6.07 Å². The van der Waals surface area contributed by atoms with Crippen molar-refractivity contribution in [3.05, 3.63) is 35.4 Å². The van der Waals surface area contributed by atoms with E-state index in [2.05, 4.69) is 0 Å². The molecule has 0 aliphatic carbocycles. The fraction of sp³-hybridized carbons (Fsp3) is 0.429. The van der Waals surface area contributed by atoms with Crippen LogP contribution in [0.3, 0.4) is 0 Å². The first kappa shape index (κ1) is 15.3. The molecule has 1 aromatic rings. The Kier molecular flexibility index (Phi) is 5.58. The third kappa shape index (κ3) is 4.42. The molecular formula is C14H16F2N2O. The van der Waals surface area contributed by atoms with E-state index in [1.807, 2.05) is 19.9 Å². The molecule has 0 fully saturated rings. The van der Waals surface area contributed by atoms with Crippen molar-refractivity contribution in [2.24, 2.45) is 0 Å². The number of hydrogen-bond donors (Lipinski definition) is 0. The van der Waals surface area contributed by atoms with Crippen molar-refractivity contribution >= 4 is 5.78 Å². The van der Waals surface area contributed by atoms with Crippen LogP contribution >= 0.6 is 0 Å². The van der Waals surface area contributed by atoms with Crippen molar-refractivity contribution < 1.29 is 13.6 Å². The average molecular weight is 266 g/mol. The molecule has 19 heavy (non-hydrogen) atoms. The molecule has 0 spiro atoms. The lowest BCUT2D eigenvalue weighted by Gasteiger charge is -2.24. The van der Waals surface area contributed by atoms with Gasteiger partial charge in [0, 0.05) is 19.0 Å². The number of rotatable bonds is 6. The highest BCUT2D eigenvalue weighted by Gasteiger charge is 2.18. The number of carbonyl (C=O) groups is 1. The minimum absolute atomic E-state index is 0.0281. The standard InChI is InChI=1S/C14H16F2N2O/c1-10(2)18(7-3-6-17)9-14(19)12-8-11(15)4-5-13(12)16/h4-5,8,10H,3,7,9H2,1-2H3. The molecule has 3 nitrogen and oxygen atoms in total. The van der Waals surface area contributed by atoms with Gasteiger partial charge in [-0.25, -0.2) is 8.78 Å². The summed E-state index contributed by atoms with van der Waals surface area (Å²) in [7, 11) is 0. The molecule has 0 aliphatic heterocycles. The molecule has 0 saturated carbocycles. The monoisotopic (exact) mass is 266 g/mol. The Balaban J connectivity index is 2.82. The lowest BCUT2D eigenvalue weighted by atomic mass is 10.1. The van der Waals surface area contributed by atoms with Gasteiger partial charge in [0.15, 0.2) is 5.78 Å². The van der Waals surface area contributed by atoms with Crippen LogP contribution in [0.1, 0.15) is 30.6 Å². The number of Topliss-reactive ketones (excluding diaryl/α,β-unsaturated/α-hetero) is 1. The van der Waals surface area contributed by atoms with Gasteiger partial charge in [-0.15, -0.1) is 0 Å². The van der Waals surface area contributed by atoms with Crippen molar-refractivity contribution in [1.82, 2.24) is 4.90 Å². The van der Waals surface area contributed by atoms with E-state index in [1.165, 1.54) is 0 Å². The molecule has 102 valence electrons. The van der Waals surface area contributed by atoms with Crippen LogP contribution in [0.25, 0.3) is 0 Å². The second-order valence-electron chi connectivity index (χ2n) is 4.52. The van der Waals surface area contributed by atoms with Gasteiger partial charge >= 0.3 is 0 Å². The van der Waals surface area contributed by atoms with E-state index in [0.717, 1.165) is 18.2 Å². The predicted octanol–water partition coefficient (Wildman–Crippen LogP) is 2.77. The summed E-state index contributed by atoms with van der Waals surface area (Å²) < 4.78 is 26.5. The van der Waals surface area contributed by atoms with Crippen LogP contribution in [0.5, 0.6) is 0 Å². The van der Waals surface area contributed by atoms with Crippen LogP contribution in [0.4, 0.5) is 8.78 Å². The molecule has 0 saturated heterocycles. The Morgan fingerprint density at radius 1 is 1.42 bits per heavy atom. The number of nitriles is 1. The molecule has 0 amide bonds. The number of nitrogens with zero attached hydrogens (tertiary/aromatic N) is 2. The van der Waals surface area contributed by atoms with Crippen molar-refractivity contribution in [1.29, 1.82) is 5.26 Å². The molecule has 0 heterocycles. The Hall–Kier alpha value is -1.80. The minimum atomic E-state index is -0.726. The fourth-order valence-electron chi connectivity index (χ4n) is 1.69. The van der Waals surface area contributed by atoms with Gasteiger partial charge in [0.05, 0.1) is 18.2 Å². The maximum atomic E-state index is 13.5. The smallest absolute Gasteiger partial charge is 0.179 e. The first-order valence-corrected chi connectivity index (χ1v) is 6.05. The predicted molar refractivity (Wildman–Crippen MR) is 67.6 cm³/mol. The SMILES string of the molecule is CC(C)N(CCC#N)CC(=O)c1cc(F)ccc1F. The average Bonchev–Trinajstić information content (AvgIpc) is 2.36. The van der Waals surface area contributed by atoms with Crippen LogP contribution in [-0.2, 0) is 0 Å². The minimum Gasteiger partial charge on any atom is -0.293 e.